The van der Waals surface area contributed by atoms with Crippen LogP contribution in [0, 0.1) is 11.8 Å². The Labute approximate surface area is 162 Å². The van der Waals surface area contributed by atoms with Crippen molar-refractivity contribution in [2.24, 2.45) is 11.8 Å². The van der Waals surface area contributed by atoms with Crippen molar-refractivity contribution in [2.75, 3.05) is 45.2 Å². The van der Waals surface area contributed by atoms with Crippen molar-refractivity contribution in [3.8, 4) is 0 Å². The molecule has 27 heavy (non-hydrogen) atoms. The zero-order chi connectivity index (χ0) is 19.0. The molecule has 0 saturated carbocycles. The summed E-state index contributed by atoms with van der Waals surface area (Å²) in [4.78, 5) is 4.97. The Bertz CT molecular complexity index is 867. The molecule has 2 aliphatic heterocycles. The molecule has 6 heteroatoms. The van der Waals surface area contributed by atoms with Crippen LogP contribution in [0.2, 0.25) is 0 Å². The minimum Gasteiger partial charge on any atom is -0.378 e. The molecule has 4 rings (SSSR count). The van der Waals surface area contributed by atoms with E-state index in [4.69, 9.17) is 0 Å². The molecule has 2 heterocycles. The Balaban J connectivity index is 1.37. The second-order valence-electron chi connectivity index (χ2n) is 7.91. The van der Waals surface area contributed by atoms with Crippen LogP contribution < -0.4 is 4.90 Å². The maximum absolute atomic E-state index is 12.8. The molecule has 0 aromatic heterocycles. The zero-order valence-electron chi connectivity index (χ0n) is 16.0. The molecule has 0 amide bonds. The molecule has 0 aliphatic carbocycles. The molecule has 2 aliphatic rings. The molecule has 0 radical (unpaired) electrons. The van der Waals surface area contributed by atoms with Crippen molar-refractivity contribution < 1.29 is 8.42 Å². The molecule has 0 bridgehead atoms. The lowest BCUT2D eigenvalue weighted by Crippen LogP contribution is -2.33. The third kappa shape index (κ3) is 3.74. The standard InChI is InChI=1S/C21H27N3O2S/c1-22(2)20-10-8-17(9-11-20)12-23-13-18-15-24(16-19(18)14-23)27(25,26)21-6-4-3-5-7-21/h3-11,18-19H,12-16H2,1-2H3/t18-,19-/m1/s1. The lowest BCUT2D eigenvalue weighted by Gasteiger charge is -2.22. The molecule has 144 valence electrons. The Kier molecular flexibility index (Phi) is 4.97. The van der Waals surface area contributed by atoms with E-state index in [2.05, 4.69) is 34.1 Å². The molecule has 5 nitrogen and oxygen atoms in total. The van der Waals surface area contributed by atoms with Gasteiger partial charge in [0.15, 0.2) is 0 Å². The van der Waals surface area contributed by atoms with Crippen molar-refractivity contribution >= 4 is 15.7 Å². The van der Waals surface area contributed by atoms with Crippen molar-refractivity contribution in [1.82, 2.24) is 9.21 Å². The summed E-state index contributed by atoms with van der Waals surface area (Å²) in [6.07, 6.45) is 0. The molecule has 0 spiro atoms. The molecule has 2 atom stereocenters. The SMILES string of the molecule is CN(C)c1ccc(CN2C[C@@H]3CN(S(=O)(=O)c4ccccc4)C[C@H]3C2)cc1. The van der Waals surface area contributed by atoms with Crippen LogP contribution in [0.5, 0.6) is 0 Å². The summed E-state index contributed by atoms with van der Waals surface area (Å²) in [6, 6.07) is 17.5. The van der Waals surface area contributed by atoms with Crippen LogP contribution in [0.1, 0.15) is 5.56 Å². The highest BCUT2D eigenvalue weighted by molar-refractivity contribution is 7.89. The first-order valence-electron chi connectivity index (χ1n) is 9.47. The van der Waals surface area contributed by atoms with Gasteiger partial charge in [0.1, 0.15) is 0 Å². The highest BCUT2D eigenvalue weighted by atomic mass is 32.2. The van der Waals surface area contributed by atoms with E-state index in [1.807, 2.05) is 20.2 Å². The summed E-state index contributed by atoms with van der Waals surface area (Å²) in [5.74, 6) is 0.870. The summed E-state index contributed by atoms with van der Waals surface area (Å²) in [5.41, 5.74) is 2.52. The monoisotopic (exact) mass is 385 g/mol. The maximum atomic E-state index is 12.8. The fourth-order valence-corrected chi connectivity index (χ4v) is 5.85. The van der Waals surface area contributed by atoms with E-state index in [1.54, 1.807) is 28.6 Å². The van der Waals surface area contributed by atoms with E-state index >= 15 is 0 Å². The topological polar surface area (TPSA) is 43.9 Å². The average molecular weight is 386 g/mol. The van der Waals surface area contributed by atoms with E-state index < -0.39 is 10.0 Å². The fraction of sp³-hybridized carbons (Fsp3) is 0.429. The first-order valence-corrected chi connectivity index (χ1v) is 10.9. The number of likely N-dealkylation sites (tertiary alicyclic amines) is 1. The molecule has 2 aromatic rings. The van der Waals surface area contributed by atoms with Gasteiger partial charge in [0.05, 0.1) is 4.90 Å². The predicted molar refractivity (Wildman–Crippen MR) is 108 cm³/mol. The van der Waals surface area contributed by atoms with Crippen LogP contribution in [-0.2, 0) is 16.6 Å². The van der Waals surface area contributed by atoms with Gasteiger partial charge >= 0.3 is 0 Å². The number of anilines is 1. The third-order valence-electron chi connectivity index (χ3n) is 5.77. The van der Waals surface area contributed by atoms with Gasteiger partial charge in [-0.1, -0.05) is 30.3 Å². The Morgan fingerprint density at radius 1 is 0.889 bits per heavy atom. The quantitative estimate of drug-likeness (QED) is 0.793. The van der Waals surface area contributed by atoms with Crippen LogP contribution in [0.25, 0.3) is 0 Å². The van der Waals surface area contributed by atoms with Gasteiger partial charge in [0.25, 0.3) is 0 Å². The molecular weight excluding hydrogens is 358 g/mol. The van der Waals surface area contributed by atoms with Crippen molar-refractivity contribution in [1.29, 1.82) is 0 Å². The molecule has 2 aromatic carbocycles. The summed E-state index contributed by atoms with van der Waals surface area (Å²) < 4.78 is 27.3. The van der Waals surface area contributed by atoms with Gasteiger partial charge in [0, 0.05) is 52.5 Å². The van der Waals surface area contributed by atoms with Crippen molar-refractivity contribution in [2.45, 2.75) is 11.4 Å². The first-order chi connectivity index (χ1) is 12.9. The number of fused-ring (bicyclic) bond motifs is 1. The highest BCUT2D eigenvalue weighted by Gasteiger charge is 2.44. The van der Waals surface area contributed by atoms with E-state index in [1.165, 1.54) is 11.3 Å². The molecule has 2 saturated heterocycles. The number of rotatable bonds is 5. The smallest absolute Gasteiger partial charge is 0.243 e. The number of hydrogen-bond donors (Lipinski definition) is 0. The molecule has 0 N–H and O–H groups in total. The van der Waals surface area contributed by atoms with Gasteiger partial charge in [-0.25, -0.2) is 8.42 Å². The zero-order valence-corrected chi connectivity index (χ0v) is 16.8. The Hall–Kier alpha value is -1.89. The molecule has 0 unspecified atom stereocenters. The van der Waals surface area contributed by atoms with Gasteiger partial charge in [-0.15, -0.1) is 0 Å². The third-order valence-corrected chi connectivity index (χ3v) is 7.61. The predicted octanol–water partition coefficient (Wildman–Crippen LogP) is 2.51. The minimum atomic E-state index is -3.36. The lowest BCUT2D eigenvalue weighted by molar-refractivity contribution is 0.289. The van der Waals surface area contributed by atoms with Crippen molar-refractivity contribution in [3.63, 3.8) is 0 Å². The van der Waals surface area contributed by atoms with E-state index in [9.17, 15) is 8.42 Å². The summed E-state index contributed by atoms with van der Waals surface area (Å²) in [6.45, 7) is 4.16. The lowest BCUT2D eigenvalue weighted by atomic mass is 10.0. The minimum absolute atomic E-state index is 0.405. The van der Waals surface area contributed by atoms with Gasteiger partial charge in [-0.2, -0.15) is 4.31 Å². The summed E-state index contributed by atoms with van der Waals surface area (Å²) >= 11 is 0. The first kappa shape index (κ1) is 18.5. The van der Waals surface area contributed by atoms with Crippen LogP contribution in [0.15, 0.2) is 59.5 Å². The largest absolute Gasteiger partial charge is 0.378 e. The van der Waals surface area contributed by atoms with Gasteiger partial charge in [-0.3, -0.25) is 4.90 Å². The summed E-state index contributed by atoms with van der Waals surface area (Å²) in [7, 11) is 0.735. The molecular formula is C21H27N3O2S. The maximum Gasteiger partial charge on any atom is 0.243 e. The number of benzene rings is 2. The van der Waals surface area contributed by atoms with Crippen LogP contribution in [0.4, 0.5) is 5.69 Å². The van der Waals surface area contributed by atoms with E-state index in [-0.39, 0.29) is 0 Å². The van der Waals surface area contributed by atoms with Gasteiger partial charge in [-0.05, 0) is 41.7 Å². The van der Waals surface area contributed by atoms with E-state index in [0.29, 0.717) is 29.8 Å². The second-order valence-corrected chi connectivity index (χ2v) is 9.85. The van der Waals surface area contributed by atoms with Gasteiger partial charge in [0.2, 0.25) is 10.0 Å². The Morgan fingerprint density at radius 3 is 2.04 bits per heavy atom. The summed E-state index contributed by atoms with van der Waals surface area (Å²) in [5, 5.41) is 0. The van der Waals surface area contributed by atoms with Crippen LogP contribution in [0.3, 0.4) is 0 Å². The normalized spacial score (nSPS) is 23.5. The average Bonchev–Trinajstić information content (AvgIpc) is 3.22. The fourth-order valence-electron chi connectivity index (χ4n) is 4.27. The van der Waals surface area contributed by atoms with Crippen molar-refractivity contribution in [3.05, 3.63) is 60.2 Å². The van der Waals surface area contributed by atoms with Gasteiger partial charge < -0.3 is 4.90 Å². The highest BCUT2D eigenvalue weighted by Crippen LogP contribution is 2.34. The molecule has 2 fully saturated rings. The number of nitrogens with zero attached hydrogens (tertiary/aromatic N) is 3. The van der Waals surface area contributed by atoms with E-state index in [0.717, 1.165) is 19.6 Å². The second kappa shape index (κ2) is 7.26. The van der Waals surface area contributed by atoms with Crippen LogP contribution in [-0.4, -0.2) is 57.9 Å². The Morgan fingerprint density at radius 2 is 1.48 bits per heavy atom. The number of sulfonamides is 1. The van der Waals surface area contributed by atoms with Crippen LogP contribution >= 0.6 is 0 Å². The number of hydrogen-bond acceptors (Lipinski definition) is 4.